The lowest BCUT2D eigenvalue weighted by Gasteiger charge is -2.05. The van der Waals surface area contributed by atoms with Crippen LogP contribution in [0.4, 0.5) is 0 Å². The summed E-state index contributed by atoms with van der Waals surface area (Å²) in [4.78, 5) is 4.60. The van der Waals surface area contributed by atoms with Crippen LogP contribution >= 0.6 is 15.9 Å². The van der Waals surface area contributed by atoms with Crippen LogP contribution in [0.5, 0.6) is 0 Å². The summed E-state index contributed by atoms with van der Waals surface area (Å²) in [6.07, 6.45) is 0. The topological polar surface area (TPSA) is 12.9 Å². The van der Waals surface area contributed by atoms with Crippen molar-refractivity contribution in [1.82, 2.24) is 4.98 Å². The third kappa shape index (κ3) is 2.04. The zero-order valence-corrected chi connectivity index (χ0v) is 11.6. The minimum absolute atomic E-state index is 1.01. The lowest BCUT2D eigenvalue weighted by atomic mass is 10.0. The molecule has 3 rings (SSSR count). The second kappa shape index (κ2) is 4.54. The first kappa shape index (κ1) is 11.4. The Kier molecular flexibility index (Phi) is 2.88. The van der Waals surface area contributed by atoms with Crippen LogP contribution in [0, 0.1) is 6.92 Å². The molecule has 0 aliphatic heterocycles. The lowest BCUT2D eigenvalue weighted by Crippen LogP contribution is -1.88. The number of hydrogen-bond acceptors (Lipinski definition) is 1. The highest BCUT2D eigenvalue weighted by Crippen LogP contribution is 2.25. The van der Waals surface area contributed by atoms with Gasteiger partial charge in [-0.15, -0.1) is 0 Å². The first-order valence-corrected chi connectivity index (χ1v) is 6.66. The van der Waals surface area contributed by atoms with E-state index >= 15 is 0 Å². The van der Waals surface area contributed by atoms with Crippen LogP contribution in [0.15, 0.2) is 59.1 Å². The first-order chi connectivity index (χ1) is 8.74. The molecule has 0 radical (unpaired) electrons. The molecular formula is C16H12BrN. The van der Waals surface area contributed by atoms with Gasteiger partial charge in [0.1, 0.15) is 0 Å². The summed E-state index contributed by atoms with van der Waals surface area (Å²) in [6.45, 7) is 2.01. The number of nitrogens with zero attached hydrogens (tertiary/aromatic N) is 1. The van der Waals surface area contributed by atoms with E-state index in [2.05, 4.69) is 63.4 Å². The van der Waals surface area contributed by atoms with E-state index in [4.69, 9.17) is 0 Å². The van der Waals surface area contributed by atoms with Crippen LogP contribution in [0.2, 0.25) is 0 Å². The van der Waals surface area contributed by atoms with Crippen LogP contribution < -0.4 is 0 Å². The summed E-state index contributed by atoms with van der Waals surface area (Å²) < 4.78 is 1.05. The highest BCUT2D eigenvalue weighted by molar-refractivity contribution is 9.10. The molecule has 0 saturated heterocycles. The van der Waals surface area contributed by atoms with Gasteiger partial charge in [-0.2, -0.15) is 0 Å². The van der Waals surface area contributed by atoms with Crippen molar-refractivity contribution >= 4 is 26.7 Å². The van der Waals surface area contributed by atoms with Gasteiger partial charge in [0.2, 0.25) is 0 Å². The standard InChI is InChI=1S/C16H12BrN/c1-11-15(17)8-9-16(18-11)14-7-6-12-4-2-3-5-13(12)10-14/h2-10H,1H3. The summed E-state index contributed by atoms with van der Waals surface area (Å²) in [6, 6.07) is 18.9. The van der Waals surface area contributed by atoms with Gasteiger partial charge >= 0.3 is 0 Å². The smallest absolute Gasteiger partial charge is 0.0706 e. The molecule has 0 unspecified atom stereocenters. The van der Waals surface area contributed by atoms with E-state index in [1.807, 2.05) is 19.1 Å². The Morgan fingerprint density at radius 1 is 0.889 bits per heavy atom. The fourth-order valence-corrected chi connectivity index (χ4v) is 2.27. The molecule has 0 bridgehead atoms. The maximum absolute atomic E-state index is 4.60. The quantitative estimate of drug-likeness (QED) is 0.618. The van der Waals surface area contributed by atoms with Crippen molar-refractivity contribution in [3.8, 4) is 11.3 Å². The lowest BCUT2D eigenvalue weighted by molar-refractivity contribution is 1.19. The first-order valence-electron chi connectivity index (χ1n) is 5.86. The van der Waals surface area contributed by atoms with E-state index in [0.717, 1.165) is 21.4 Å². The maximum Gasteiger partial charge on any atom is 0.0706 e. The highest BCUT2D eigenvalue weighted by atomic mass is 79.9. The highest BCUT2D eigenvalue weighted by Gasteiger charge is 2.03. The Bertz CT molecular complexity index is 719. The summed E-state index contributed by atoms with van der Waals surface area (Å²) >= 11 is 3.48. The van der Waals surface area contributed by atoms with Gasteiger partial charge in [-0.05, 0) is 51.8 Å². The molecule has 0 amide bonds. The maximum atomic E-state index is 4.60. The van der Waals surface area contributed by atoms with Crippen LogP contribution in [0.3, 0.4) is 0 Å². The van der Waals surface area contributed by atoms with Crippen molar-refractivity contribution < 1.29 is 0 Å². The number of fused-ring (bicyclic) bond motifs is 1. The van der Waals surface area contributed by atoms with Crippen molar-refractivity contribution in [1.29, 1.82) is 0 Å². The van der Waals surface area contributed by atoms with Crippen molar-refractivity contribution in [2.45, 2.75) is 6.92 Å². The predicted octanol–water partition coefficient (Wildman–Crippen LogP) is 4.97. The minimum atomic E-state index is 1.01. The monoisotopic (exact) mass is 297 g/mol. The number of hydrogen-bond donors (Lipinski definition) is 0. The van der Waals surface area contributed by atoms with Gasteiger partial charge in [0.15, 0.2) is 0 Å². The van der Waals surface area contributed by atoms with E-state index in [-0.39, 0.29) is 0 Å². The van der Waals surface area contributed by atoms with Gasteiger partial charge in [-0.1, -0.05) is 36.4 Å². The Labute approximate surface area is 115 Å². The van der Waals surface area contributed by atoms with Crippen LogP contribution in [0.25, 0.3) is 22.0 Å². The number of benzene rings is 2. The zero-order valence-electron chi connectivity index (χ0n) is 10.0. The predicted molar refractivity (Wildman–Crippen MR) is 79.6 cm³/mol. The Morgan fingerprint density at radius 2 is 1.67 bits per heavy atom. The molecule has 0 spiro atoms. The molecule has 0 saturated carbocycles. The van der Waals surface area contributed by atoms with Gasteiger partial charge in [0, 0.05) is 10.0 Å². The summed E-state index contributed by atoms with van der Waals surface area (Å²) in [5.74, 6) is 0. The van der Waals surface area contributed by atoms with Crippen LogP contribution in [0.1, 0.15) is 5.69 Å². The second-order valence-corrected chi connectivity index (χ2v) is 5.18. The van der Waals surface area contributed by atoms with E-state index in [1.165, 1.54) is 10.8 Å². The molecule has 0 N–H and O–H groups in total. The molecule has 88 valence electrons. The average molecular weight is 298 g/mol. The van der Waals surface area contributed by atoms with Crippen LogP contribution in [-0.2, 0) is 0 Å². The van der Waals surface area contributed by atoms with Gasteiger partial charge in [0.25, 0.3) is 0 Å². The molecule has 1 heterocycles. The van der Waals surface area contributed by atoms with E-state index in [0.29, 0.717) is 0 Å². The third-order valence-electron chi connectivity index (χ3n) is 3.07. The van der Waals surface area contributed by atoms with Crippen molar-refractivity contribution in [2.24, 2.45) is 0 Å². The van der Waals surface area contributed by atoms with Gasteiger partial charge < -0.3 is 0 Å². The third-order valence-corrected chi connectivity index (χ3v) is 3.90. The number of aromatic nitrogens is 1. The van der Waals surface area contributed by atoms with E-state index in [1.54, 1.807) is 0 Å². The van der Waals surface area contributed by atoms with Crippen molar-refractivity contribution in [3.05, 3.63) is 64.8 Å². The molecule has 0 aliphatic carbocycles. The van der Waals surface area contributed by atoms with Gasteiger partial charge in [-0.3, -0.25) is 4.98 Å². The Balaban J connectivity index is 2.16. The fourth-order valence-electron chi connectivity index (χ4n) is 2.05. The normalized spacial score (nSPS) is 10.8. The van der Waals surface area contributed by atoms with E-state index in [9.17, 15) is 0 Å². The fraction of sp³-hybridized carbons (Fsp3) is 0.0625. The molecule has 0 fully saturated rings. The zero-order chi connectivity index (χ0) is 12.5. The number of pyridine rings is 1. The minimum Gasteiger partial charge on any atom is -0.252 e. The molecule has 18 heavy (non-hydrogen) atoms. The summed E-state index contributed by atoms with van der Waals surface area (Å²) in [5.41, 5.74) is 3.19. The van der Waals surface area contributed by atoms with Gasteiger partial charge in [0.05, 0.1) is 11.4 Å². The van der Waals surface area contributed by atoms with E-state index < -0.39 is 0 Å². The molecular weight excluding hydrogens is 286 g/mol. The molecule has 2 aromatic carbocycles. The number of halogens is 1. The Morgan fingerprint density at radius 3 is 2.44 bits per heavy atom. The summed E-state index contributed by atoms with van der Waals surface area (Å²) in [5, 5.41) is 2.51. The summed E-state index contributed by atoms with van der Waals surface area (Å²) in [7, 11) is 0. The molecule has 0 atom stereocenters. The van der Waals surface area contributed by atoms with Crippen LogP contribution in [-0.4, -0.2) is 4.98 Å². The molecule has 0 aliphatic rings. The Hall–Kier alpha value is -1.67. The van der Waals surface area contributed by atoms with Crippen molar-refractivity contribution in [3.63, 3.8) is 0 Å². The molecule has 1 nitrogen and oxygen atoms in total. The largest absolute Gasteiger partial charge is 0.252 e. The molecule has 2 heteroatoms. The van der Waals surface area contributed by atoms with Crippen molar-refractivity contribution in [2.75, 3.05) is 0 Å². The number of aryl methyl sites for hydroxylation is 1. The molecule has 1 aromatic heterocycles. The number of rotatable bonds is 1. The SMILES string of the molecule is Cc1nc(-c2ccc3ccccc3c2)ccc1Br. The van der Waals surface area contributed by atoms with Gasteiger partial charge in [-0.25, -0.2) is 0 Å². The average Bonchev–Trinajstić information content (AvgIpc) is 2.41. The molecule has 3 aromatic rings. The second-order valence-electron chi connectivity index (χ2n) is 4.33.